The van der Waals surface area contributed by atoms with Gasteiger partial charge >= 0.3 is 12.0 Å². The lowest BCUT2D eigenvalue weighted by atomic mass is 10.2. The Hall–Kier alpha value is -3.05. The molecule has 0 radical (unpaired) electrons. The summed E-state index contributed by atoms with van der Waals surface area (Å²) in [5, 5.41) is 10.6. The maximum absolute atomic E-state index is 11.5. The molecule has 0 saturated heterocycles. The van der Waals surface area contributed by atoms with E-state index in [0.717, 1.165) is 0 Å². The number of urea groups is 1. The Kier molecular flexibility index (Phi) is 8.51. The number of rotatable bonds is 8. The smallest absolute Gasteiger partial charge is 0.334 e. The third kappa shape index (κ3) is 10.3. The molecular weight excluding hydrogens is 310 g/mol. The molecule has 12 heteroatoms. The molecule has 0 heterocycles. The first kappa shape index (κ1) is 19.9. The fourth-order valence-corrected chi connectivity index (χ4v) is 1.44. The van der Waals surface area contributed by atoms with Crippen LogP contribution in [0.5, 0.6) is 0 Å². The third-order valence-corrected chi connectivity index (χ3v) is 2.50. The Morgan fingerprint density at radius 2 is 1.74 bits per heavy atom. The molecule has 0 rings (SSSR count). The minimum absolute atomic E-state index is 0.0343. The van der Waals surface area contributed by atoms with Gasteiger partial charge in [-0.15, -0.1) is 0 Å². The summed E-state index contributed by atoms with van der Waals surface area (Å²) < 4.78 is 0. The first-order chi connectivity index (χ1) is 10.6. The zero-order valence-corrected chi connectivity index (χ0v) is 12.5. The zero-order valence-electron chi connectivity index (χ0n) is 12.5. The van der Waals surface area contributed by atoms with Crippen LogP contribution in [0.25, 0.3) is 0 Å². The van der Waals surface area contributed by atoms with E-state index in [2.05, 4.69) is 10.4 Å². The van der Waals surface area contributed by atoms with Crippen molar-refractivity contribution in [1.29, 1.82) is 0 Å². The van der Waals surface area contributed by atoms with Crippen molar-refractivity contribution in [2.75, 3.05) is 0 Å². The van der Waals surface area contributed by atoms with Crippen LogP contribution in [0.3, 0.4) is 0 Å². The van der Waals surface area contributed by atoms with Crippen molar-refractivity contribution in [1.82, 2.24) is 16.2 Å². The normalized spacial score (nSPS) is 12.4. The number of amides is 4. The van der Waals surface area contributed by atoms with E-state index in [-0.39, 0.29) is 18.4 Å². The van der Waals surface area contributed by atoms with Crippen LogP contribution in [0, 0.1) is 0 Å². The number of carboxylic acid groups (broad SMARTS) is 1. The van der Waals surface area contributed by atoms with Crippen LogP contribution >= 0.6 is 0 Å². The number of guanidine groups is 1. The molecule has 0 fully saturated rings. The van der Waals surface area contributed by atoms with Gasteiger partial charge in [-0.3, -0.25) is 24.8 Å². The minimum Gasteiger partial charge on any atom is -0.481 e. The second kappa shape index (κ2) is 9.81. The van der Waals surface area contributed by atoms with Crippen molar-refractivity contribution in [2.24, 2.45) is 22.2 Å². The summed E-state index contributed by atoms with van der Waals surface area (Å²) in [6.07, 6.45) is -0.296. The van der Waals surface area contributed by atoms with Gasteiger partial charge < -0.3 is 27.6 Å². The van der Waals surface area contributed by atoms with Gasteiger partial charge in [0, 0.05) is 6.42 Å². The van der Waals surface area contributed by atoms with Crippen molar-refractivity contribution in [3.63, 3.8) is 0 Å². The van der Waals surface area contributed by atoms with Gasteiger partial charge in [0.1, 0.15) is 6.04 Å². The van der Waals surface area contributed by atoms with E-state index in [4.69, 9.17) is 22.3 Å². The summed E-state index contributed by atoms with van der Waals surface area (Å²) >= 11 is 0. The summed E-state index contributed by atoms with van der Waals surface area (Å²) in [5.74, 6) is -2.94. The van der Waals surface area contributed by atoms with Crippen LogP contribution < -0.4 is 33.4 Å². The molecule has 130 valence electrons. The van der Waals surface area contributed by atoms with Gasteiger partial charge in [-0.2, -0.15) is 0 Å². The summed E-state index contributed by atoms with van der Waals surface area (Å²) in [6.45, 7) is 1.70. The van der Waals surface area contributed by atoms with Gasteiger partial charge in [-0.1, -0.05) is 0 Å². The number of carbonyl (C=O) groups is 4. The zero-order chi connectivity index (χ0) is 18.0. The number of carbonyl (C=O) groups excluding carboxylic acids is 3. The molecule has 0 aliphatic heterocycles. The molecule has 0 aliphatic carbocycles. The number of primary amides is 1. The van der Waals surface area contributed by atoms with Gasteiger partial charge in [0.25, 0.3) is 0 Å². The molecule has 0 aliphatic rings. The minimum atomic E-state index is -1.40. The number of nitrogens with two attached hydrogens (primary N) is 3. The Labute approximate surface area is 131 Å². The first-order valence-electron chi connectivity index (χ1n) is 6.57. The van der Waals surface area contributed by atoms with Crippen molar-refractivity contribution in [3.05, 3.63) is 0 Å². The van der Waals surface area contributed by atoms with Crippen LogP contribution in [0.15, 0.2) is 4.99 Å². The maximum Gasteiger partial charge on any atom is 0.334 e. The number of hydrazine groups is 1. The highest BCUT2D eigenvalue weighted by Gasteiger charge is 2.21. The van der Waals surface area contributed by atoms with Gasteiger partial charge in [0.15, 0.2) is 5.96 Å². The van der Waals surface area contributed by atoms with Crippen LogP contribution in [0.4, 0.5) is 4.79 Å². The van der Waals surface area contributed by atoms with Crippen molar-refractivity contribution >= 4 is 29.8 Å². The third-order valence-electron chi connectivity index (χ3n) is 2.50. The summed E-state index contributed by atoms with van der Waals surface area (Å²) in [7, 11) is 0. The van der Waals surface area contributed by atoms with E-state index >= 15 is 0 Å². The van der Waals surface area contributed by atoms with E-state index in [0.29, 0.717) is 6.42 Å². The molecule has 0 spiro atoms. The van der Waals surface area contributed by atoms with E-state index in [1.807, 2.05) is 10.7 Å². The van der Waals surface area contributed by atoms with Gasteiger partial charge in [-0.05, 0) is 13.3 Å². The Morgan fingerprint density at radius 3 is 2.22 bits per heavy atom. The van der Waals surface area contributed by atoms with E-state index in [1.165, 1.54) is 0 Å². The summed E-state index contributed by atoms with van der Waals surface area (Å²) in [4.78, 5) is 48.2. The molecule has 0 bridgehead atoms. The Balaban J connectivity index is 4.17. The molecule has 2 atom stereocenters. The Morgan fingerprint density at radius 1 is 1.13 bits per heavy atom. The van der Waals surface area contributed by atoms with E-state index in [1.54, 1.807) is 6.92 Å². The number of aliphatic imine (C=N–C) groups is 1. The van der Waals surface area contributed by atoms with Gasteiger partial charge in [0.2, 0.25) is 11.8 Å². The molecule has 10 N–H and O–H groups in total. The Bertz CT molecular complexity index is 489. The molecule has 23 heavy (non-hydrogen) atoms. The van der Waals surface area contributed by atoms with Crippen LogP contribution in [0.2, 0.25) is 0 Å². The SMILES string of the molecule is CC(CCC(=O)NNC(=O)N[C@@H](CC(=O)O)C(N)=O)N=C(N)N. The summed E-state index contributed by atoms with van der Waals surface area (Å²) in [5.41, 5.74) is 19.4. The molecular formula is C11H21N7O5. The molecule has 1 unspecified atom stereocenters. The highest BCUT2D eigenvalue weighted by molar-refractivity contribution is 5.89. The van der Waals surface area contributed by atoms with E-state index in [9.17, 15) is 19.2 Å². The topological polar surface area (TPSA) is 215 Å². The average Bonchev–Trinajstić information content (AvgIpc) is 2.40. The highest BCUT2D eigenvalue weighted by atomic mass is 16.4. The summed E-state index contributed by atoms with van der Waals surface area (Å²) in [6, 6.07) is -2.64. The second-order valence-electron chi connectivity index (χ2n) is 4.64. The fraction of sp³-hybridized carbons (Fsp3) is 0.545. The van der Waals surface area contributed by atoms with Crippen molar-refractivity contribution in [2.45, 2.75) is 38.3 Å². The standard InChI is InChI=1S/C11H21N7O5/c1-5(15-10(13)14)2-3-7(19)17-18-11(23)16-6(9(12)22)4-8(20)21/h5-6H,2-4H2,1H3,(H2,12,22)(H,17,19)(H,20,21)(H4,13,14,15)(H2,16,18,23)/t5?,6-/m0/s1. The number of hydrogen-bond acceptors (Lipinski definition) is 5. The van der Waals surface area contributed by atoms with E-state index < -0.39 is 36.3 Å². The molecule has 0 saturated carbocycles. The van der Waals surface area contributed by atoms with Crippen LogP contribution in [-0.2, 0) is 14.4 Å². The van der Waals surface area contributed by atoms with Crippen LogP contribution in [0.1, 0.15) is 26.2 Å². The van der Waals surface area contributed by atoms with Gasteiger partial charge in [0.05, 0.1) is 12.5 Å². The van der Waals surface area contributed by atoms with Crippen molar-refractivity contribution in [3.8, 4) is 0 Å². The predicted octanol–water partition coefficient (Wildman–Crippen LogP) is -2.91. The predicted molar refractivity (Wildman–Crippen MR) is 79.6 cm³/mol. The molecule has 4 amide bonds. The largest absolute Gasteiger partial charge is 0.481 e. The lowest BCUT2D eigenvalue weighted by Crippen LogP contribution is -2.53. The first-order valence-corrected chi connectivity index (χ1v) is 6.57. The fourth-order valence-electron chi connectivity index (χ4n) is 1.44. The van der Waals surface area contributed by atoms with Crippen molar-refractivity contribution < 1.29 is 24.3 Å². The second-order valence-corrected chi connectivity index (χ2v) is 4.64. The number of nitrogens with one attached hydrogen (secondary N) is 3. The number of aliphatic carboxylic acids is 1. The monoisotopic (exact) mass is 331 g/mol. The molecule has 0 aromatic rings. The average molecular weight is 331 g/mol. The van der Waals surface area contributed by atoms with Crippen LogP contribution in [-0.4, -0.2) is 47.0 Å². The highest BCUT2D eigenvalue weighted by Crippen LogP contribution is 2.00. The maximum atomic E-state index is 11.5. The lowest BCUT2D eigenvalue weighted by Gasteiger charge is -2.14. The molecule has 0 aromatic carbocycles. The number of nitrogens with zero attached hydrogens (tertiary/aromatic N) is 1. The number of carboxylic acids is 1. The van der Waals surface area contributed by atoms with Gasteiger partial charge in [-0.25, -0.2) is 10.2 Å². The number of hydrogen-bond donors (Lipinski definition) is 7. The quantitative estimate of drug-likeness (QED) is 0.139. The lowest BCUT2D eigenvalue weighted by molar-refractivity contribution is -0.139. The molecule has 0 aromatic heterocycles. The molecule has 12 nitrogen and oxygen atoms in total.